The van der Waals surface area contributed by atoms with E-state index in [0.29, 0.717) is 17.1 Å². The zero-order valence-electron chi connectivity index (χ0n) is 26.5. The van der Waals surface area contributed by atoms with Crippen molar-refractivity contribution in [1.82, 2.24) is 19.7 Å². The summed E-state index contributed by atoms with van der Waals surface area (Å²) in [7, 11) is -4.31. The summed E-state index contributed by atoms with van der Waals surface area (Å²) in [5, 5.41) is 29.4. The maximum atomic E-state index is 14.2. The van der Waals surface area contributed by atoms with E-state index in [1.165, 1.54) is 17.8 Å². The van der Waals surface area contributed by atoms with Crippen LogP contribution in [0.1, 0.15) is 58.2 Å². The zero-order chi connectivity index (χ0) is 33.3. The van der Waals surface area contributed by atoms with Crippen LogP contribution in [0.15, 0.2) is 47.7 Å². The number of nitrogens with two attached hydrogens (primary N) is 1. The number of nitrogens with zero attached hydrogens (tertiary/aromatic N) is 4. The minimum Gasteiger partial charge on any atom is -0.464 e. The summed E-state index contributed by atoms with van der Waals surface area (Å²) in [4.78, 5) is 20.7. The molecule has 14 nitrogen and oxygen atoms in total. The number of fused-ring (bicyclic) bond motifs is 1. The maximum absolute atomic E-state index is 14.2. The van der Waals surface area contributed by atoms with Gasteiger partial charge in [0.2, 0.25) is 0 Å². The van der Waals surface area contributed by atoms with Gasteiger partial charge in [-0.25, -0.2) is 14.1 Å². The number of carbonyl (C=O) groups is 1. The average Bonchev–Trinajstić information content (AvgIpc) is 3.52. The van der Waals surface area contributed by atoms with Crippen LogP contribution in [-0.2, 0) is 34.4 Å². The number of rotatable bonds is 13. The van der Waals surface area contributed by atoms with Gasteiger partial charge in [-0.2, -0.15) is 10.2 Å². The van der Waals surface area contributed by atoms with Crippen molar-refractivity contribution in [3.8, 4) is 5.75 Å². The van der Waals surface area contributed by atoms with Gasteiger partial charge in [0, 0.05) is 0 Å². The number of carbonyl (C=O) groups excluding carboxylic acids is 1. The molecule has 5 N–H and O–H groups in total. The summed E-state index contributed by atoms with van der Waals surface area (Å²) >= 11 is 0. The van der Waals surface area contributed by atoms with Crippen LogP contribution in [0.5, 0.6) is 5.75 Å². The molecule has 0 spiro atoms. The van der Waals surface area contributed by atoms with Crippen molar-refractivity contribution in [3.05, 3.63) is 54.0 Å². The van der Waals surface area contributed by atoms with Gasteiger partial charge in [-0.3, -0.25) is 14.3 Å². The monoisotopic (exact) mass is 658 g/mol. The highest BCUT2D eigenvalue weighted by Gasteiger charge is 2.57. The number of anilines is 1. The predicted octanol–water partition coefficient (Wildman–Crippen LogP) is 3.15. The normalized spacial score (nSPS) is 25.5. The molecule has 2 aromatic heterocycles. The van der Waals surface area contributed by atoms with E-state index >= 15 is 0 Å². The molecule has 3 aromatic rings. The molecule has 1 aromatic carbocycles. The fourth-order valence-electron chi connectivity index (χ4n) is 5.57. The number of aliphatic imine (C=N–C) groups is 1. The van der Waals surface area contributed by atoms with Crippen LogP contribution in [0.25, 0.3) is 5.52 Å². The van der Waals surface area contributed by atoms with Crippen LogP contribution in [0.2, 0.25) is 0 Å². The molecular formula is C31H43N6O8P. The van der Waals surface area contributed by atoms with Crippen LogP contribution >= 0.6 is 7.75 Å². The van der Waals surface area contributed by atoms with Gasteiger partial charge < -0.3 is 29.9 Å². The van der Waals surface area contributed by atoms with Gasteiger partial charge in [0.15, 0.2) is 11.4 Å². The van der Waals surface area contributed by atoms with Crippen LogP contribution < -0.4 is 15.3 Å². The molecule has 0 radical (unpaired) electrons. The molecule has 1 saturated carbocycles. The quantitative estimate of drug-likeness (QED) is 0.119. The molecule has 250 valence electrons. The number of aliphatic hydroxyl groups excluding tert-OH is 2. The van der Waals surface area contributed by atoms with E-state index < -0.39 is 50.3 Å². The van der Waals surface area contributed by atoms with Crippen molar-refractivity contribution in [3.63, 3.8) is 0 Å². The molecule has 2 aliphatic rings. The van der Waals surface area contributed by atoms with Crippen LogP contribution in [0.3, 0.4) is 0 Å². The Kier molecular flexibility index (Phi) is 9.88. The highest BCUT2D eigenvalue weighted by molar-refractivity contribution is 7.52. The summed E-state index contributed by atoms with van der Waals surface area (Å²) in [5.74, 6) is 0.160. The Bertz CT molecular complexity index is 1590. The Morgan fingerprint density at radius 3 is 2.59 bits per heavy atom. The molecule has 46 heavy (non-hydrogen) atoms. The first-order valence-electron chi connectivity index (χ1n) is 15.3. The summed E-state index contributed by atoms with van der Waals surface area (Å²) in [5.41, 5.74) is 6.11. The molecule has 1 unspecified atom stereocenters. The van der Waals surface area contributed by atoms with Crippen molar-refractivity contribution in [2.45, 2.75) is 82.3 Å². The number of nitrogens with one attached hydrogen (secondary N) is 1. The van der Waals surface area contributed by atoms with Crippen molar-refractivity contribution in [1.29, 1.82) is 0 Å². The van der Waals surface area contributed by atoms with E-state index in [1.807, 2.05) is 12.1 Å². The SMILES string of the molecule is C=NC[C@@]1(c2ccc3c(N)ncnn23)O[C@H](COP(=O)(N[C@@H](C)C(=O)OCC2CCC2)Oc2ccc(C(C)(C)C)cc2)[C@@H](O)[C@H]1O. The number of nitrogen functional groups attached to an aromatic ring is 1. The number of esters is 1. The fraction of sp³-hybridized carbons (Fsp3) is 0.548. The smallest absolute Gasteiger partial charge is 0.459 e. The van der Waals surface area contributed by atoms with Gasteiger partial charge in [0.1, 0.15) is 41.9 Å². The van der Waals surface area contributed by atoms with Crippen LogP contribution in [0, 0.1) is 5.92 Å². The van der Waals surface area contributed by atoms with Gasteiger partial charge >= 0.3 is 13.7 Å². The van der Waals surface area contributed by atoms with E-state index in [2.05, 4.69) is 47.7 Å². The summed E-state index contributed by atoms with van der Waals surface area (Å²) < 4.78 is 39.1. The van der Waals surface area contributed by atoms with Gasteiger partial charge in [0.05, 0.1) is 25.5 Å². The number of benzene rings is 1. The number of hydrogen-bond donors (Lipinski definition) is 4. The first-order valence-corrected chi connectivity index (χ1v) is 16.8. The number of hydrogen-bond acceptors (Lipinski definition) is 12. The van der Waals surface area contributed by atoms with Crippen molar-refractivity contribution in [2.24, 2.45) is 10.9 Å². The molecular weight excluding hydrogens is 615 g/mol. The van der Waals surface area contributed by atoms with Crippen LogP contribution in [0.4, 0.5) is 5.82 Å². The molecule has 1 aliphatic heterocycles. The van der Waals surface area contributed by atoms with Gasteiger partial charge in [-0.05, 0) is 67.6 Å². The van der Waals surface area contributed by atoms with Gasteiger partial charge in [-0.1, -0.05) is 39.3 Å². The summed E-state index contributed by atoms with van der Waals surface area (Å²) in [6, 6.07) is 9.27. The van der Waals surface area contributed by atoms with E-state index in [9.17, 15) is 19.6 Å². The predicted molar refractivity (Wildman–Crippen MR) is 171 cm³/mol. The third-order valence-corrected chi connectivity index (χ3v) is 10.2. The number of aromatic nitrogens is 3. The Hall–Kier alpha value is -3.39. The largest absolute Gasteiger partial charge is 0.464 e. The third-order valence-electron chi connectivity index (χ3n) is 8.55. The van der Waals surface area contributed by atoms with E-state index in [-0.39, 0.29) is 30.1 Å². The Morgan fingerprint density at radius 1 is 1.24 bits per heavy atom. The lowest BCUT2D eigenvalue weighted by Crippen LogP contribution is -2.44. The second-order valence-corrected chi connectivity index (χ2v) is 14.7. The third kappa shape index (κ3) is 6.97. The lowest BCUT2D eigenvalue weighted by molar-refractivity contribution is -0.147. The molecule has 6 atom stereocenters. The molecule has 0 bridgehead atoms. The lowest BCUT2D eigenvalue weighted by atomic mass is 9.86. The first-order chi connectivity index (χ1) is 21.8. The highest BCUT2D eigenvalue weighted by atomic mass is 31.2. The molecule has 0 amide bonds. The molecule has 1 saturated heterocycles. The topological polar surface area (TPSA) is 192 Å². The maximum Gasteiger partial charge on any atom is 0.459 e. The lowest BCUT2D eigenvalue weighted by Gasteiger charge is -2.30. The van der Waals surface area contributed by atoms with Gasteiger partial charge in [-0.15, -0.1) is 0 Å². The van der Waals surface area contributed by atoms with E-state index in [1.54, 1.807) is 24.3 Å². The zero-order valence-corrected chi connectivity index (χ0v) is 27.4. The molecule has 15 heteroatoms. The standard InChI is InChI=1S/C31H43N6O8P/c1-19(29(40)42-15-20-7-6-8-20)36-46(41,45-22-11-9-21(10-12-22)30(2,3)4)43-16-24-26(38)27(39)31(44-24,17-33-5)25-14-13-23-28(32)34-18-35-37(23)25/h9-14,18-20,24,26-27,38-39H,5-8,15-17H2,1-4H3,(H,36,41)(H2,32,34,35)/t19-,24+,26+,27+,31-,46?/m0/s1. The van der Waals surface area contributed by atoms with E-state index in [4.69, 9.17) is 24.3 Å². The van der Waals surface area contributed by atoms with Crippen molar-refractivity contribution >= 4 is 31.8 Å². The summed E-state index contributed by atoms with van der Waals surface area (Å²) in [6.07, 6.45) is 0.145. The minimum absolute atomic E-state index is 0.123. The second kappa shape index (κ2) is 13.4. The molecule has 3 heterocycles. The molecule has 1 aliphatic carbocycles. The van der Waals surface area contributed by atoms with E-state index in [0.717, 1.165) is 24.8 Å². The second-order valence-electron chi connectivity index (χ2n) is 13.0. The fourth-order valence-corrected chi connectivity index (χ4v) is 7.08. The molecule has 2 fully saturated rings. The average molecular weight is 659 g/mol. The summed E-state index contributed by atoms with van der Waals surface area (Å²) in [6.45, 7) is 10.9. The highest BCUT2D eigenvalue weighted by Crippen LogP contribution is 2.48. The first kappa shape index (κ1) is 34.0. The molecule has 5 rings (SSSR count). The Balaban J connectivity index is 1.37. The Morgan fingerprint density at radius 2 is 1.96 bits per heavy atom. The number of aliphatic hydroxyl groups is 2. The minimum atomic E-state index is -4.31. The van der Waals surface area contributed by atoms with Crippen LogP contribution in [-0.4, -0.2) is 81.6 Å². The van der Waals surface area contributed by atoms with Crippen molar-refractivity contribution < 1.29 is 38.1 Å². The number of ether oxygens (including phenoxy) is 2. The van der Waals surface area contributed by atoms with Crippen molar-refractivity contribution in [2.75, 3.05) is 25.5 Å². The van der Waals surface area contributed by atoms with Gasteiger partial charge in [0.25, 0.3) is 0 Å². The Labute approximate surface area is 267 Å².